The first-order valence-corrected chi connectivity index (χ1v) is 8.37. The number of esters is 1. The van der Waals surface area contributed by atoms with E-state index >= 15 is 0 Å². The lowest BCUT2D eigenvalue weighted by Gasteiger charge is -2.10. The van der Waals surface area contributed by atoms with Gasteiger partial charge in [0.15, 0.2) is 5.96 Å². The van der Waals surface area contributed by atoms with Crippen LogP contribution in [-0.2, 0) is 9.53 Å². The van der Waals surface area contributed by atoms with Gasteiger partial charge in [-0.25, -0.2) is 4.79 Å². The molecule has 0 aromatic heterocycles. The number of hydrogen-bond donors (Lipinski definition) is 4. The summed E-state index contributed by atoms with van der Waals surface area (Å²) in [7, 11) is 0. The monoisotopic (exact) mass is 366 g/mol. The van der Waals surface area contributed by atoms with Gasteiger partial charge >= 0.3 is 5.97 Å². The van der Waals surface area contributed by atoms with E-state index in [-0.39, 0.29) is 11.9 Å². The lowest BCUT2D eigenvalue weighted by molar-refractivity contribution is -0.137. The Balaban J connectivity index is 2.10. The van der Waals surface area contributed by atoms with E-state index in [1.54, 1.807) is 49.4 Å². The van der Waals surface area contributed by atoms with E-state index in [0.717, 1.165) is 11.1 Å². The second-order valence-corrected chi connectivity index (χ2v) is 5.73. The Labute approximate surface area is 157 Å². The molecule has 0 bridgehead atoms. The highest BCUT2D eigenvalue weighted by Crippen LogP contribution is 2.19. The second-order valence-electron chi connectivity index (χ2n) is 5.73. The number of nitrogens with one attached hydrogen (secondary N) is 3. The van der Waals surface area contributed by atoms with Crippen LogP contribution in [0.1, 0.15) is 28.4 Å². The summed E-state index contributed by atoms with van der Waals surface area (Å²) in [5, 5.41) is 12.8. The standard InChI is InChI=1S/C20H22N4O3/c1-3-27-18(25)10-8-14-7-9-17(13(2)11-14)24-19(26)15-5-4-6-16(12-15)23-20(21)22/h4-12H,3H2,1-2H3,(H,24,26)(H4,21,22,23)/b10-8+. The minimum Gasteiger partial charge on any atom is -0.463 e. The van der Waals surface area contributed by atoms with Crippen LogP contribution in [0.4, 0.5) is 11.4 Å². The molecule has 2 aromatic rings. The van der Waals surface area contributed by atoms with Gasteiger partial charge in [-0.2, -0.15) is 0 Å². The fraction of sp³-hybridized carbons (Fsp3) is 0.150. The van der Waals surface area contributed by atoms with Gasteiger partial charge < -0.3 is 21.1 Å². The average molecular weight is 366 g/mol. The highest BCUT2D eigenvalue weighted by Gasteiger charge is 2.09. The van der Waals surface area contributed by atoms with Crippen molar-refractivity contribution >= 4 is 35.3 Å². The molecular formula is C20H22N4O3. The molecule has 27 heavy (non-hydrogen) atoms. The average Bonchev–Trinajstić information content (AvgIpc) is 2.62. The summed E-state index contributed by atoms with van der Waals surface area (Å²) >= 11 is 0. The number of aryl methyl sites for hydroxylation is 1. The van der Waals surface area contributed by atoms with Crippen molar-refractivity contribution in [1.82, 2.24) is 0 Å². The summed E-state index contributed by atoms with van der Waals surface area (Å²) in [5.74, 6) is -0.874. The molecule has 0 saturated carbocycles. The highest BCUT2D eigenvalue weighted by molar-refractivity contribution is 6.05. The van der Waals surface area contributed by atoms with E-state index < -0.39 is 5.97 Å². The van der Waals surface area contributed by atoms with Crippen LogP contribution in [0.5, 0.6) is 0 Å². The van der Waals surface area contributed by atoms with Crippen molar-refractivity contribution in [3.8, 4) is 0 Å². The van der Waals surface area contributed by atoms with E-state index in [0.29, 0.717) is 23.5 Å². The molecule has 7 nitrogen and oxygen atoms in total. The Morgan fingerprint density at radius 1 is 1.19 bits per heavy atom. The molecule has 1 amide bonds. The molecule has 0 heterocycles. The number of carbonyl (C=O) groups is 2. The highest BCUT2D eigenvalue weighted by atomic mass is 16.5. The number of ether oxygens (including phenoxy) is 1. The first-order valence-electron chi connectivity index (χ1n) is 8.37. The summed E-state index contributed by atoms with van der Waals surface area (Å²) in [6.07, 6.45) is 3.03. The van der Waals surface area contributed by atoms with Gasteiger partial charge in [0.2, 0.25) is 0 Å². The Morgan fingerprint density at radius 2 is 1.96 bits per heavy atom. The lowest BCUT2D eigenvalue weighted by Crippen LogP contribution is -2.21. The van der Waals surface area contributed by atoms with Crippen LogP contribution in [-0.4, -0.2) is 24.4 Å². The number of nitrogens with two attached hydrogens (primary N) is 1. The van der Waals surface area contributed by atoms with Crippen molar-refractivity contribution in [2.45, 2.75) is 13.8 Å². The van der Waals surface area contributed by atoms with Crippen LogP contribution < -0.4 is 16.4 Å². The van der Waals surface area contributed by atoms with Gasteiger partial charge in [0, 0.05) is 23.0 Å². The van der Waals surface area contributed by atoms with Crippen LogP contribution in [0.3, 0.4) is 0 Å². The molecule has 2 rings (SSSR count). The van der Waals surface area contributed by atoms with Crippen LogP contribution in [0, 0.1) is 12.3 Å². The van der Waals surface area contributed by atoms with E-state index in [4.69, 9.17) is 15.9 Å². The van der Waals surface area contributed by atoms with E-state index in [1.807, 2.05) is 13.0 Å². The molecule has 0 unspecified atom stereocenters. The number of anilines is 2. The van der Waals surface area contributed by atoms with E-state index in [1.165, 1.54) is 6.08 Å². The molecule has 0 saturated heterocycles. The van der Waals surface area contributed by atoms with Crippen LogP contribution in [0.25, 0.3) is 6.08 Å². The first-order chi connectivity index (χ1) is 12.9. The third-order valence-corrected chi connectivity index (χ3v) is 3.60. The van der Waals surface area contributed by atoms with E-state index in [2.05, 4.69) is 10.6 Å². The molecule has 0 fully saturated rings. The number of carbonyl (C=O) groups excluding carboxylic acids is 2. The summed E-state index contributed by atoms with van der Waals surface area (Å²) in [5.41, 5.74) is 8.65. The number of amides is 1. The molecule has 0 spiro atoms. The van der Waals surface area contributed by atoms with Crippen molar-refractivity contribution in [3.63, 3.8) is 0 Å². The van der Waals surface area contributed by atoms with Gasteiger partial charge in [0.1, 0.15) is 0 Å². The zero-order valence-electron chi connectivity index (χ0n) is 15.2. The zero-order valence-corrected chi connectivity index (χ0v) is 15.2. The van der Waals surface area contributed by atoms with E-state index in [9.17, 15) is 9.59 Å². The van der Waals surface area contributed by atoms with Gasteiger partial charge in [0.25, 0.3) is 5.91 Å². The third-order valence-electron chi connectivity index (χ3n) is 3.60. The summed E-state index contributed by atoms with van der Waals surface area (Å²) in [6, 6.07) is 12.1. The molecule has 0 aliphatic heterocycles. The van der Waals surface area contributed by atoms with Crippen molar-refractivity contribution < 1.29 is 14.3 Å². The Bertz CT molecular complexity index is 891. The molecule has 2 aromatic carbocycles. The van der Waals surface area contributed by atoms with Crippen LogP contribution in [0.15, 0.2) is 48.5 Å². The van der Waals surface area contributed by atoms with Crippen LogP contribution in [0.2, 0.25) is 0 Å². The molecule has 7 heteroatoms. The molecule has 0 radical (unpaired) electrons. The van der Waals surface area contributed by atoms with Crippen molar-refractivity contribution in [2.75, 3.05) is 17.2 Å². The molecule has 0 atom stereocenters. The Hall–Kier alpha value is -3.61. The van der Waals surface area contributed by atoms with Gasteiger partial charge in [-0.15, -0.1) is 0 Å². The molecule has 0 aliphatic rings. The van der Waals surface area contributed by atoms with Crippen LogP contribution >= 0.6 is 0 Å². The molecule has 5 N–H and O–H groups in total. The maximum Gasteiger partial charge on any atom is 0.330 e. The minimum atomic E-state index is -0.397. The SMILES string of the molecule is CCOC(=O)/C=C/c1ccc(NC(=O)c2cccc(NC(=N)N)c2)c(C)c1. The fourth-order valence-electron chi connectivity index (χ4n) is 2.37. The maximum atomic E-state index is 12.5. The van der Waals surface area contributed by atoms with Crippen molar-refractivity contribution in [1.29, 1.82) is 5.41 Å². The first kappa shape index (κ1) is 19.7. The zero-order chi connectivity index (χ0) is 19.8. The predicted octanol–water partition coefficient (Wildman–Crippen LogP) is 3.13. The number of hydrogen-bond acceptors (Lipinski definition) is 4. The quantitative estimate of drug-likeness (QED) is 0.271. The lowest BCUT2D eigenvalue weighted by atomic mass is 10.1. The molecule has 0 aliphatic carbocycles. The summed E-state index contributed by atoms with van der Waals surface area (Å²) in [6.45, 7) is 3.95. The second kappa shape index (κ2) is 9.19. The molecule has 140 valence electrons. The Kier molecular flexibility index (Phi) is 6.71. The van der Waals surface area contributed by atoms with Crippen molar-refractivity contribution in [3.05, 3.63) is 65.2 Å². The summed E-state index contributed by atoms with van der Waals surface area (Å²) < 4.78 is 4.84. The van der Waals surface area contributed by atoms with Gasteiger partial charge in [-0.05, 0) is 61.4 Å². The maximum absolute atomic E-state index is 12.5. The summed E-state index contributed by atoms with van der Waals surface area (Å²) in [4.78, 5) is 23.8. The van der Waals surface area contributed by atoms with Gasteiger partial charge in [-0.3, -0.25) is 10.2 Å². The van der Waals surface area contributed by atoms with Crippen molar-refractivity contribution in [2.24, 2.45) is 5.73 Å². The number of rotatable bonds is 6. The molecular weight excluding hydrogens is 344 g/mol. The predicted molar refractivity (Wildman–Crippen MR) is 107 cm³/mol. The largest absolute Gasteiger partial charge is 0.463 e. The van der Waals surface area contributed by atoms with Gasteiger partial charge in [0.05, 0.1) is 6.61 Å². The Morgan fingerprint density at radius 3 is 2.63 bits per heavy atom. The fourth-order valence-corrected chi connectivity index (χ4v) is 2.37. The number of guanidine groups is 1. The normalized spacial score (nSPS) is 10.4. The number of benzene rings is 2. The topological polar surface area (TPSA) is 117 Å². The van der Waals surface area contributed by atoms with Gasteiger partial charge in [-0.1, -0.05) is 12.1 Å². The smallest absolute Gasteiger partial charge is 0.330 e. The minimum absolute atomic E-state index is 0.199. The third kappa shape index (κ3) is 6.00.